The third kappa shape index (κ3) is 3.35. The molecule has 0 bridgehead atoms. The smallest absolute Gasteiger partial charge is 0.253 e. The maximum absolute atomic E-state index is 13.0. The zero-order valence-corrected chi connectivity index (χ0v) is 17.5. The average molecular weight is 404 g/mol. The number of piperidine rings is 1. The van der Waals surface area contributed by atoms with Gasteiger partial charge in [-0.3, -0.25) is 4.79 Å². The summed E-state index contributed by atoms with van der Waals surface area (Å²) in [5.41, 5.74) is 3.24. The van der Waals surface area contributed by atoms with Crippen molar-refractivity contribution in [2.75, 3.05) is 25.4 Å². The molecule has 2 aliphatic rings. The standard InChI is InChI=1S/C21H29N3O3S/c1-3-12-28(26,27)24-19-5-4-16(21(25)23-10-7-15(2)8-11-23)13-17(19)18-14-22-9-6-20(18)24/h4-5,13,15,22H,3,6-12,14H2,1-2H3. The number of carbonyl (C=O) groups excluding carboxylic acids is 1. The summed E-state index contributed by atoms with van der Waals surface area (Å²) in [4.78, 5) is 14.9. The van der Waals surface area contributed by atoms with E-state index in [0.29, 0.717) is 36.4 Å². The van der Waals surface area contributed by atoms with Gasteiger partial charge in [-0.05, 0) is 48.9 Å². The Balaban J connectivity index is 1.79. The Bertz CT molecular complexity index is 1000. The Morgan fingerprint density at radius 1 is 1.25 bits per heavy atom. The molecular weight excluding hydrogens is 374 g/mol. The normalized spacial score (nSPS) is 18.4. The van der Waals surface area contributed by atoms with E-state index in [4.69, 9.17) is 0 Å². The van der Waals surface area contributed by atoms with E-state index in [2.05, 4.69) is 12.2 Å². The Morgan fingerprint density at radius 2 is 2.00 bits per heavy atom. The number of rotatable bonds is 4. The highest BCUT2D eigenvalue weighted by atomic mass is 32.2. The van der Waals surface area contributed by atoms with Gasteiger partial charge in [-0.2, -0.15) is 0 Å². The molecule has 2 aliphatic heterocycles. The molecule has 1 saturated heterocycles. The number of aromatic nitrogens is 1. The average Bonchev–Trinajstić information content (AvgIpc) is 3.02. The Kier molecular flexibility index (Phi) is 5.22. The van der Waals surface area contributed by atoms with E-state index in [1.54, 1.807) is 10.0 Å². The minimum Gasteiger partial charge on any atom is -0.339 e. The molecule has 0 aliphatic carbocycles. The van der Waals surface area contributed by atoms with E-state index in [0.717, 1.165) is 49.1 Å². The first-order chi connectivity index (χ1) is 13.4. The number of nitrogens with one attached hydrogen (secondary N) is 1. The molecule has 0 atom stereocenters. The summed E-state index contributed by atoms with van der Waals surface area (Å²) >= 11 is 0. The van der Waals surface area contributed by atoms with Gasteiger partial charge >= 0.3 is 0 Å². The zero-order valence-electron chi connectivity index (χ0n) is 16.7. The van der Waals surface area contributed by atoms with Crippen molar-refractivity contribution in [2.45, 2.75) is 46.1 Å². The van der Waals surface area contributed by atoms with Crippen LogP contribution in [0.15, 0.2) is 18.2 Å². The molecule has 0 radical (unpaired) electrons. The second-order valence-corrected chi connectivity index (χ2v) is 10.1. The number of carbonyl (C=O) groups is 1. The van der Waals surface area contributed by atoms with E-state index >= 15 is 0 Å². The molecular formula is C21H29N3O3S. The van der Waals surface area contributed by atoms with Crippen LogP contribution in [0.3, 0.4) is 0 Å². The second kappa shape index (κ2) is 7.52. The molecule has 3 heterocycles. The van der Waals surface area contributed by atoms with E-state index in [-0.39, 0.29) is 11.7 Å². The minimum atomic E-state index is -3.40. The van der Waals surface area contributed by atoms with Gasteiger partial charge in [0.15, 0.2) is 0 Å². The summed E-state index contributed by atoms with van der Waals surface area (Å²) in [6.07, 6.45) is 3.34. The molecule has 0 spiro atoms. The molecule has 6 nitrogen and oxygen atoms in total. The SMILES string of the molecule is CCCS(=O)(=O)n1c2c(c3cc(C(=O)N4CCC(C)CC4)ccc31)CNCC2. The lowest BCUT2D eigenvalue weighted by Crippen LogP contribution is -2.37. The molecule has 1 amide bonds. The summed E-state index contributed by atoms with van der Waals surface area (Å²) < 4.78 is 27.4. The van der Waals surface area contributed by atoms with Crippen LogP contribution in [0.2, 0.25) is 0 Å². The van der Waals surface area contributed by atoms with Crippen molar-refractivity contribution < 1.29 is 13.2 Å². The van der Waals surface area contributed by atoms with Crippen molar-refractivity contribution >= 4 is 26.8 Å². The van der Waals surface area contributed by atoms with Crippen molar-refractivity contribution in [1.82, 2.24) is 14.2 Å². The van der Waals surface area contributed by atoms with Crippen LogP contribution < -0.4 is 5.32 Å². The molecule has 4 rings (SSSR count). The largest absolute Gasteiger partial charge is 0.339 e. The van der Waals surface area contributed by atoms with E-state index in [1.807, 2.05) is 24.0 Å². The first kappa shape index (κ1) is 19.5. The van der Waals surface area contributed by atoms with Gasteiger partial charge in [-0.15, -0.1) is 0 Å². The Morgan fingerprint density at radius 3 is 2.71 bits per heavy atom. The molecule has 0 saturated carbocycles. The quantitative estimate of drug-likeness (QED) is 0.852. The first-order valence-electron chi connectivity index (χ1n) is 10.3. The van der Waals surface area contributed by atoms with Gasteiger partial charge in [0, 0.05) is 49.2 Å². The highest BCUT2D eigenvalue weighted by Crippen LogP contribution is 2.32. The fourth-order valence-electron chi connectivity index (χ4n) is 4.44. The number of nitrogens with zero attached hydrogens (tertiary/aromatic N) is 2. The van der Waals surface area contributed by atoms with Gasteiger partial charge < -0.3 is 10.2 Å². The predicted octanol–water partition coefficient (Wildman–Crippen LogP) is 2.75. The molecule has 7 heteroatoms. The minimum absolute atomic E-state index is 0.0514. The topological polar surface area (TPSA) is 71.4 Å². The molecule has 1 N–H and O–H groups in total. The number of fused-ring (bicyclic) bond motifs is 3. The van der Waals surface area contributed by atoms with Gasteiger partial charge in [0.25, 0.3) is 5.91 Å². The van der Waals surface area contributed by atoms with Crippen LogP contribution in [0, 0.1) is 5.92 Å². The lowest BCUT2D eigenvalue weighted by Gasteiger charge is -2.30. The van der Waals surface area contributed by atoms with Gasteiger partial charge in [0.05, 0.1) is 11.3 Å². The summed E-state index contributed by atoms with van der Waals surface area (Å²) in [6, 6.07) is 5.51. The molecule has 0 unspecified atom stereocenters. The molecule has 1 aromatic carbocycles. The van der Waals surface area contributed by atoms with Crippen LogP contribution in [0.4, 0.5) is 0 Å². The summed E-state index contributed by atoms with van der Waals surface area (Å²) in [5.74, 6) is 0.849. The van der Waals surface area contributed by atoms with Crippen LogP contribution in [0.25, 0.3) is 10.9 Å². The van der Waals surface area contributed by atoms with Gasteiger partial charge in [0.1, 0.15) is 0 Å². The van der Waals surface area contributed by atoms with Crippen LogP contribution in [-0.4, -0.2) is 48.6 Å². The van der Waals surface area contributed by atoms with Gasteiger partial charge in [-0.1, -0.05) is 13.8 Å². The number of hydrogen-bond acceptors (Lipinski definition) is 4. The third-order valence-corrected chi connectivity index (χ3v) is 7.93. The predicted molar refractivity (Wildman–Crippen MR) is 111 cm³/mol. The highest BCUT2D eigenvalue weighted by molar-refractivity contribution is 7.90. The van der Waals surface area contributed by atoms with Gasteiger partial charge in [-0.25, -0.2) is 12.4 Å². The van der Waals surface area contributed by atoms with Crippen molar-refractivity contribution in [3.8, 4) is 0 Å². The monoisotopic (exact) mass is 403 g/mol. The molecule has 1 fully saturated rings. The third-order valence-electron chi connectivity index (χ3n) is 6.03. The van der Waals surface area contributed by atoms with Crippen molar-refractivity contribution in [1.29, 1.82) is 0 Å². The van der Waals surface area contributed by atoms with E-state index in [9.17, 15) is 13.2 Å². The van der Waals surface area contributed by atoms with Crippen LogP contribution >= 0.6 is 0 Å². The lowest BCUT2D eigenvalue weighted by molar-refractivity contribution is 0.0697. The van der Waals surface area contributed by atoms with Crippen molar-refractivity contribution in [2.24, 2.45) is 5.92 Å². The fourth-order valence-corrected chi connectivity index (χ4v) is 6.14. The summed E-state index contributed by atoms with van der Waals surface area (Å²) in [5, 5.41) is 4.23. The maximum atomic E-state index is 13.0. The van der Waals surface area contributed by atoms with Crippen LogP contribution in [0.1, 0.15) is 54.7 Å². The maximum Gasteiger partial charge on any atom is 0.253 e. The molecule has 152 valence electrons. The van der Waals surface area contributed by atoms with Crippen LogP contribution in [-0.2, 0) is 23.0 Å². The highest BCUT2D eigenvalue weighted by Gasteiger charge is 2.28. The Labute approximate surface area is 166 Å². The van der Waals surface area contributed by atoms with Crippen LogP contribution in [0.5, 0.6) is 0 Å². The van der Waals surface area contributed by atoms with E-state index in [1.165, 1.54) is 0 Å². The summed E-state index contributed by atoms with van der Waals surface area (Å²) in [6.45, 7) is 7.11. The van der Waals surface area contributed by atoms with Crippen molar-refractivity contribution in [3.05, 3.63) is 35.0 Å². The molecule has 28 heavy (non-hydrogen) atoms. The van der Waals surface area contributed by atoms with Crippen molar-refractivity contribution in [3.63, 3.8) is 0 Å². The Hall–Kier alpha value is -1.86. The molecule has 2 aromatic rings. The number of amides is 1. The number of benzene rings is 1. The van der Waals surface area contributed by atoms with E-state index < -0.39 is 10.0 Å². The van der Waals surface area contributed by atoms with Gasteiger partial charge in [0.2, 0.25) is 10.0 Å². The summed E-state index contributed by atoms with van der Waals surface area (Å²) in [7, 11) is -3.40. The number of hydrogen-bond donors (Lipinski definition) is 1. The second-order valence-electron chi connectivity index (χ2n) is 8.14. The molecule has 1 aromatic heterocycles. The number of likely N-dealkylation sites (tertiary alicyclic amines) is 1. The first-order valence-corrected chi connectivity index (χ1v) is 11.9. The lowest BCUT2D eigenvalue weighted by atomic mass is 9.98. The fraction of sp³-hybridized carbons (Fsp3) is 0.571. The zero-order chi connectivity index (χ0) is 19.9.